The van der Waals surface area contributed by atoms with Crippen molar-refractivity contribution in [2.75, 3.05) is 26.6 Å². The largest absolute Gasteiger partial charge is 0.496 e. The molecule has 5 nitrogen and oxygen atoms in total. The zero-order chi connectivity index (χ0) is 13.0. The quantitative estimate of drug-likeness (QED) is 0.901. The second-order valence-electron chi connectivity index (χ2n) is 3.41. The molecular formula is C12H14N2O3S. The average Bonchev–Trinajstić information content (AvgIpc) is 2.91. The van der Waals surface area contributed by atoms with E-state index in [1.54, 1.807) is 39.0 Å². The Hall–Kier alpha value is -1.95. The fraction of sp³-hybridized carbons (Fsp3) is 0.250. The maximum absolute atomic E-state index is 5.33. The molecule has 0 radical (unpaired) electrons. The number of thiazole rings is 1. The molecule has 2 rings (SSSR count). The van der Waals surface area contributed by atoms with Gasteiger partial charge in [-0.3, -0.25) is 0 Å². The van der Waals surface area contributed by atoms with Crippen LogP contribution in [0.15, 0.2) is 23.0 Å². The van der Waals surface area contributed by atoms with Crippen LogP contribution in [-0.4, -0.2) is 26.3 Å². The summed E-state index contributed by atoms with van der Waals surface area (Å²) in [6, 6.07) is 3.58. The van der Waals surface area contributed by atoms with Crippen LogP contribution in [0.1, 0.15) is 0 Å². The van der Waals surface area contributed by atoms with E-state index < -0.39 is 0 Å². The molecule has 0 spiro atoms. The molecule has 0 atom stereocenters. The van der Waals surface area contributed by atoms with Crippen molar-refractivity contribution in [1.82, 2.24) is 4.98 Å². The number of hydrogen-bond donors (Lipinski definition) is 1. The van der Waals surface area contributed by atoms with Crippen molar-refractivity contribution < 1.29 is 14.2 Å². The van der Waals surface area contributed by atoms with E-state index in [-0.39, 0.29) is 0 Å². The van der Waals surface area contributed by atoms with Crippen molar-refractivity contribution in [3.8, 4) is 17.2 Å². The summed E-state index contributed by atoms with van der Waals surface area (Å²) in [5, 5.41) is 5.07. The highest BCUT2D eigenvalue weighted by Crippen LogP contribution is 2.40. The molecule has 0 saturated heterocycles. The van der Waals surface area contributed by atoms with Gasteiger partial charge in [-0.25, -0.2) is 4.98 Å². The van der Waals surface area contributed by atoms with Crippen LogP contribution in [0.5, 0.6) is 17.2 Å². The van der Waals surface area contributed by atoms with Gasteiger partial charge in [-0.05, 0) is 0 Å². The maximum Gasteiger partial charge on any atom is 0.149 e. The second-order valence-corrected chi connectivity index (χ2v) is 4.12. The summed E-state index contributed by atoms with van der Waals surface area (Å²) < 4.78 is 15.9. The Bertz CT molecular complexity index is 489. The molecule has 1 aromatic carbocycles. The van der Waals surface area contributed by atoms with Gasteiger partial charge in [0.2, 0.25) is 0 Å². The van der Waals surface area contributed by atoms with Crippen LogP contribution < -0.4 is 19.5 Å². The first-order valence-corrected chi connectivity index (χ1v) is 6.18. The summed E-state index contributed by atoms with van der Waals surface area (Å²) in [4.78, 5) is 4.17. The van der Waals surface area contributed by atoms with E-state index >= 15 is 0 Å². The molecule has 0 fully saturated rings. The predicted molar refractivity (Wildman–Crippen MR) is 71.5 cm³/mol. The molecule has 2 aromatic rings. The molecule has 96 valence electrons. The van der Waals surface area contributed by atoms with E-state index in [9.17, 15) is 0 Å². The smallest absolute Gasteiger partial charge is 0.149 e. The number of nitrogens with one attached hydrogen (secondary N) is 1. The summed E-state index contributed by atoms with van der Waals surface area (Å²) in [6.45, 7) is 0. The van der Waals surface area contributed by atoms with Crippen LogP contribution >= 0.6 is 11.3 Å². The Labute approximate surface area is 109 Å². The van der Waals surface area contributed by atoms with Gasteiger partial charge < -0.3 is 19.5 Å². The van der Waals surface area contributed by atoms with Gasteiger partial charge in [-0.2, -0.15) is 0 Å². The van der Waals surface area contributed by atoms with Gasteiger partial charge in [0.15, 0.2) is 0 Å². The molecule has 1 N–H and O–H groups in total. The molecule has 0 amide bonds. The standard InChI is InChI=1S/C12H14N2O3S/c1-15-8-4-9(16-2)12(10(5-8)17-3)14-11-6-18-7-13-11/h4-7,14H,1-3H3. The molecule has 0 aliphatic rings. The Morgan fingerprint density at radius 2 is 1.72 bits per heavy atom. The van der Waals surface area contributed by atoms with Crippen molar-refractivity contribution in [2.24, 2.45) is 0 Å². The van der Waals surface area contributed by atoms with Gasteiger partial charge >= 0.3 is 0 Å². The number of methoxy groups -OCH3 is 3. The molecule has 1 heterocycles. The minimum atomic E-state index is 0.638. The van der Waals surface area contributed by atoms with Gasteiger partial charge in [-0.1, -0.05) is 0 Å². The Kier molecular flexibility index (Phi) is 3.88. The van der Waals surface area contributed by atoms with E-state index in [2.05, 4.69) is 10.3 Å². The molecule has 0 aliphatic heterocycles. The van der Waals surface area contributed by atoms with Gasteiger partial charge in [0.1, 0.15) is 28.8 Å². The lowest BCUT2D eigenvalue weighted by atomic mass is 10.2. The lowest BCUT2D eigenvalue weighted by Crippen LogP contribution is -1.99. The first-order chi connectivity index (χ1) is 8.78. The summed E-state index contributed by atoms with van der Waals surface area (Å²) in [6.07, 6.45) is 0. The van der Waals surface area contributed by atoms with Crippen LogP contribution in [0.2, 0.25) is 0 Å². The van der Waals surface area contributed by atoms with Crippen molar-refractivity contribution >= 4 is 22.8 Å². The fourth-order valence-electron chi connectivity index (χ4n) is 1.53. The molecule has 0 bridgehead atoms. The predicted octanol–water partition coefficient (Wildman–Crippen LogP) is 2.91. The second kappa shape index (κ2) is 5.59. The number of nitrogens with zero attached hydrogens (tertiary/aromatic N) is 1. The zero-order valence-electron chi connectivity index (χ0n) is 10.4. The van der Waals surface area contributed by atoms with Crippen molar-refractivity contribution in [2.45, 2.75) is 0 Å². The Morgan fingerprint density at radius 1 is 1.06 bits per heavy atom. The van der Waals surface area contributed by atoms with E-state index in [0.717, 1.165) is 11.5 Å². The SMILES string of the molecule is COc1cc(OC)c(Nc2cscn2)c(OC)c1. The highest BCUT2D eigenvalue weighted by Gasteiger charge is 2.13. The van der Waals surface area contributed by atoms with Crippen LogP contribution in [0, 0.1) is 0 Å². The van der Waals surface area contributed by atoms with Crippen LogP contribution in [-0.2, 0) is 0 Å². The van der Waals surface area contributed by atoms with Crippen LogP contribution in [0.25, 0.3) is 0 Å². The fourth-order valence-corrected chi connectivity index (χ4v) is 2.02. The Morgan fingerprint density at radius 3 is 2.17 bits per heavy atom. The first kappa shape index (κ1) is 12.5. The Balaban J connectivity index is 2.43. The van der Waals surface area contributed by atoms with Gasteiger partial charge in [0, 0.05) is 17.5 Å². The third-order valence-corrected chi connectivity index (χ3v) is 2.99. The lowest BCUT2D eigenvalue weighted by molar-refractivity contribution is 0.378. The van der Waals surface area contributed by atoms with E-state index in [0.29, 0.717) is 17.2 Å². The summed E-state index contributed by atoms with van der Waals surface area (Å²) in [5.41, 5.74) is 2.48. The minimum absolute atomic E-state index is 0.638. The first-order valence-electron chi connectivity index (χ1n) is 5.23. The number of rotatable bonds is 5. The third kappa shape index (κ3) is 2.48. The lowest BCUT2D eigenvalue weighted by Gasteiger charge is -2.15. The summed E-state index contributed by atoms with van der Waals surface area (Å²) >= 11 is 1.51. The average molecular weight is 266 g/mol. The third-order valence-electron chi connectivity index (χ3n) is 2.40. The topological polar surface area (TPSA) is 52.6 Å². The molecule has 6 heteroatoms. The number of anilines is 2. The molecular weight excluding hydrogens is 252 g/mol. The molecule has 0 unspecified atom stereocenters. The van der Waals surface area contributed by atoms with Crippen molar-refractivity contribution in [1.29, 1.82) is 0 Å². The van der Waals surface area contributed by atoms with Crippen molar-refractivity contribution in [3.63, 3.8) is 0 Å². The van der Waals surface area contributed by atoms with E-state index in [1.165, 1.54) is 11.3 Å². The molecule has 0 saturated carbocycles. The highest BCUT2D eigenvalue weighted by molar-refractivity contribution is 7.07. The van der Waals surface area contributed by atoms with Gasteiger partial charge in [-0.15, -0.1) is 11.3 Å². The molecule has 18 heavy (non-hydrogen) atoms. The van der Waals surface area contributed by atoms with Crippen LogP contribution in [0.4, 0.5) is 11.5 Å². The summed E-state index contributed by atoms with van der Waals surface area (Å²) in [5.74, 6) is 2.70. The normalized spacial score (nSPS) is 9.94. The number of benzene rings is 1. The number of ether oxygens (including phenoxy) is 3. The monoisotopic (exact) mass is 266 g/mol. The summed E-state index contributed by atoms with van der Waals surface area (Å²) in [7, 11) is 4.79. The molecule has 1 aromatic heterocycles. The maximum atomic E-state index is 5.33. The number of aromatic nitrogens is 1. The zero-order valence-corrected chi connectivity index (χ0v) is 11.2. The number of hydrogen-bond acceptors (Lipinski definition) is 6. The van der Waals surface area contributed by atoms with E-state index in [1.807, 2.05) is 5.38 Å². The van der Waals surface area contributed by atoms with Crippen LogP contribution in [0.3, 0.4) is 0 Å². The minimum Gasteiger partial charge on any atom is -0.496 e. The highest BCUT2D eigenvalue weighted by atomic mass is 32.1. The van der Waals surface area contributed by atoms with Gasteiger partial charge in [0.05, 0.1) is 26.8 Å². The van der Waals surface area contributed by atoms with Crippen molar-refractivity contribution in [3.05, 3.63) is 23.0 Å². The van der Waals surface area contributed by atoms with E-state index in [4.69, 9.17) is 14.2 Å². The van der Waals surface area contributed by atoms with Gasteiger partial charge in [0.25, 0.3) is 0 Å². The molecule has 0 aliphatic carbocycles.